The second-order valence-corrected chi connectivity index (χ2v) is 4.35. The van der Waals surface area contributed by atoms with E-state index in [1.54, 1.807) is 12.1 Å². The Balaban J connectivity index is 3.72. The number of hydrogen-bond donors (Lipinski definition) is 1. The summed E-state index contributed by atoms with van der Waals surface area (Å²) >= 11 is 0. The second kappa shape index (κ2) is 6.20. The van der Waals surface area contributed by atoms with Gasteiger partial charge < -0.3 is 5.32 Å². The fraction of sp³-hybridized carbons (Fsp3) is 0.250. The minimum atomic E-state index is -0.210. The van der Waals surface area contributed by atoms with Crippen molar-refractivity contribution < 1.29 is 4.39 Å². The summed E-state index contributed by atoms with van der Waals surface area (Å²) in [7, 11) is 1.81. The predicted octanol–water partition coefficient (Wildman–Crippen LogP) is 2.56. The molecule has 1 aromatic rings. The third kappa shape index (κ3) is 3.10. The van der Waals surface area contributed by atoms with Crippen molar-refractivity contribution in [1.29, 1.82) is 0 Å². The first-order chi connectivity index (χ1) is 8.51. The van der Waals surface area contributed by atoms with E-state index in [9.17, 15) is 4.39 Å². The molecule has 0 aliphatic carbocycles. The first-order valence-corrected chi connectivity index (χ1v) is 5.98. The zero-order valence-corrected chi connectivity index (χ0v) is 11.5. The highest BCUT2D eigenvalue weighted by Crippen LogP contribution is 2.03. The molecule has 96 valence electrons. The molecule has 0 aromatic heterocycles. The Hall–Kier alpha value is -1.83. The summed E-state index contributed by atoms with van der Waals surface area (Å²) in [5.41, 5.74) is 2.87. The molecule has 0 aliphatic heterocycles. The lowest BCUT2D eigenvalue weighted by molar-refractivity contribution is 0.617. The molecule has 0 amide bonds. The average molecular weight is 245 g/mol. The molecule has 0 radical (unpaired) electrons. The standard InChI is InChI=1S/C16H20FN/c1-6-13-15(8-7-11(2)3)14(12(4)18-5)9-10-16(13)17/h6-10,18H,4H2,1-3,5H3/b13-6-,15-8+. The van der Waals surface area contributed by atoms with Gasteiger partial charge in [0.05, 0.1) is 0 Å². The van der Waals surface area contributed by atoms with Crippen LogP contribution in [0.2, 0.25) is 0 Å². The van der Waals surface area contributed by atoms with E-state index >= 15 is 0 Å². The van der Waals surface area contributed by atoms with Crippen LogP contribution in [0.3, 0.4) is 0 Å². The van der Waals surface area contributed by atoms with Crippen LogP contribution in [0.1, 0.15) is 26.3 Å². The van der Waals surface area contributed by atoms with Crippen LogP contribution in [0.5, 0.6) is 0 Å². The van der Waals surface area contributed by atoms with Gasteiger partial charge in [-0.05, 0) is 38.1 Å². The number of hydrogen-bond acceptors (Lipinski definition) is 1. The van der Waals surface area contributed by atoms with E-state index < -0.39 is 0 Å². The predicted molar refractivity (Wildman–Crippen MR) is 77.8 cm³/mol. The molecule has 1 N–H and O–H groups in total. The topological polar surface area (TPSA) is 12.0 Å². The van der Waals surface area contributed by atoms with E-state index in [1.807, 2.05) is 40.0 Å². The van der Waals surface area contributed by atoms with Crippen molar-refractivity contribution in [2.45, 2.75) is 20.8 Å². The van der Waals surface area contributed by atoms with Crippen LogP contribution >= 0.6 is 0 Å². The van der Waals surface area contributed by atoms with Gasteiger partial charge in [-0.15, -0.1) is 0 Å². The Morgan fingerprint density at radius 2 is 1.94 bits per heavy atom. The van der Waals surface area contributed by atoms with Gasteiger partial charge in [0.25, 0.3) is 0 Å². The lowest BCUT2D eigenvalue weighted by Crippen LogP contribution is -2.32. The monoisotopic (exact) mass is 245 g/mol. The maximum atomic E-state index is 13.8. The summed E-state index contributed by atoms with van der Waals surface area (Å²) in [6.07, 6.45) is 5.70. The molecule has 18 heavy (non-hydrogen) atoms. The highest BCUT2D eigenvalue weighted by Gasteiger charge is 2.03. The lowest BCUT2D eigenvalue weighted by Gasteiger charge is -2.07. The highest BCUT2D eigenvalue weighted by atomic mass is 19.1. The van der Waals surface area contributed by atoms with Crippen LogP contribution in [-0.2, 0) is 0 Å². The molecule has 0 saturated heterocycles. The van der Waals surface area contributed by atoms with Crippen molar-refractivity contribution in [2.75, 3.05) is 7.05 Å². The third-order valence-corrected chi connectivity index (χ3v) is 2.73. The smallest absolute Gasteiger partial charge is 0.130 e. The van der Waals surface area contributed by atoms with Gasteiger partial charge in [0.15, 0.2) is 0 Å². The molecular formula is C16H20FN. The molecule has 1 nitrogen and oxygen atoms in total. The summed E-state index contributed by atoms with van der Waals surface area (Å²) in [6.45, 7) is 9.81. The van der Waals surface area contributed by atoms with E-state index in [2.05, 4.69) is 11.9 Å². The van der Waals surface area contributed by atoms with Crippen LogP contribution in [0.25, 0.3) is 17.8 Å². The molecule has 0 atom stereocenters. The van der Waals surface area contributed by atoms with Gasteiger partial charge in [0.2, 0.25) is 0 Å². The Kier molecular flexibility index (Phi) is 4.90. The molecule has 0 bridgehead atoms. The Morgan fingerprint density at radius 3 is 2.44 bits per heavy atom. The van der Waals surface area contributed by atoms with Gasteiger partial charge in [0, 0.05) is 23.5 Å². The van der Waals surface area contributed by atoms with Crippen molar-refractivity contribution in [3.05, 3.63) is 52.2 Å². The molecule has 1 aromatic carbocycles. The van der Waals surface area contributed by atoms with Gasteiger partial charge in [-0.25, -0.2) is 4.39 Å². The first kappa shape index (κ1) is 14.2. The summed E-state index contributed by atoms with van der Waals surface area (Å²) < 4.78 is 13.8. The molecule has 0 aliphatic rings. The van der Waals surface area contributed by atoms with E-state index in [4.69, 9.17) is 0 Å². The van der Waals surface area contributed by atoms with Crippen LogP contribution in [0.4, 0.5) is 4.39 Å². The van der Waals surface area contributed by atoms with Gasteiger partial charge in [-0.1, -0.05) is 30.4 Å². The van der Waals surface area contributed by atoms with Gasteiger partial charge in [0.1, 0.15) is 5.82 Å². The van der Waals surface area contributed by atoms with Crippen molar-refractivity contribution in [3.8, 4) is 0 Å². The van der Waals surface area contributed by atoms with Gasteiger partial charge in [-0.2, -0.15) is 0 Å². The first-order valence-electron chi connectivity index (χ1n) is 5.98. The van der Waals surface area contributed by atoms with E-state index in [1.165, 1.54) is 11.6 Å². The number of halogens is 1. The average Bonchev–Trinajstić information content (AvgIpc) is 2.35. The fourth-order valence-electron chi connectivity index (χ4n) is 1.73. The van der Waals surface area contributed by atoms with E-state index in [-0.39, 0.29) is 5.82 Å². The van der Waals surface area contributed by atoms with Crippen LogP contribution in [-0.4, -0.2) is 7.05 Å². The minimum Gasteiger partial charge on any atom is -0.388 e. The molecule has 0 unspecified atom stereocenters. The summed E-state index contributed by atoms with van der Waals surface area (Å²) in [5.74, 6) is -0.210. The summed E-state index contributed by atoms with van der Waals surface area (Å²) in [6, 6.07) is 3.23. The molecule has 1 rings (SSSR count). The Labute approximate surface area is 108 Å². The number of allylic oxidation sites excluding steroid dienone is 2. The molecule has 0 heterocycles. The summed E-state index contributed by atoms with van der Waals surface area (Å²) in [4.78, 5) is 0. The van der Waals surface area contributed by atoms with Gasteiger partial charge in [-0.3, -0.25) is 0 Å². The third-order valence-electron chi connectivity index (χ3n) is 2.73. The van der Waals surface area contributed by atoms with Crippen LogP contribution in [0.15, 0.2) is 30.4 Å². The molecule has 0 spiro atoms. The minimum absolute atomic E-state index is 0.210. The number of rotatable bonds is 3. The lowest BCUT2D eigenvalue weighted by atomic mass is 10.1. The van der Waals surface area contributed by atoms with Crippen LogP contribution in [0, 0.1) is 5.82 Å². The number of benzene rings is 1. The van der Waals surface area contributed by atoms with E-state index in [0.717, 1.165) is 16.5 Å². The van der Waals surface area contributed by atoms with Crippen molar-refractivity contribution >= 4 is 17.8 Å². The maximum absolute atomic E-state index is 13.8. The molecule has 0 fully saturated rings. The zero-order valence-electron chi connectivity index (χ0n) is 11.5. The molecule has 0 saturated carbocycles. The summed E-state index contributed by atoms with van der Waals surface area (Å²) in [5, 5.41) is 4.48. The van der Waals surface area contributed by atoms with Gasteiger partial charge >= 0.3 is 0 Å². The Morgan fingerprint density at radius 1 is 1.28 bits per heavy atom. The molecular weight excluding hydrogens is 225 g/mol. The maximum Gasteiger partial charge on any atom is 0.130 e. The Bertz CT molecular complexity index is 590. The number of nitrogens with one attached hydrogen (secondary N) is 1. The largest absolute Gasteiger partial charge is 0.388 e. The normalized spacial score (nSPS) is 12.5. The fourth-order valence-corrected chi connectivity index (χ4v) is 1.73. The van der Waals surface area contributed by atoms with E-state index in [0.29, 0.717) is 5.22 Å². The zero-order chi connectivity index (χ0) is 13.7. The quantitative estimate of drug-likeness (QED) is 0.863. The van der Waals surface area contributed by atoms with Crippen molar-refractivity contribution in [1.82, 2.24) is 5.32 Å². The highest BCUT2D eigenvalue weighted by molar-refractivity contribution is 5.64. The van der Waals surface area contributed by atoms with Crippen molar-refractivity contribution in [2.24, 2.45) is 0 Å². The second-order valence-electron chi connectivity index (χ2n) is 4.35. The van der Waals surface area contributed by atoms with Crippen LogP contribution < -0.4 is 15.8 Å². The SMILES string of the molecule is C=C(NC)c1ccc(F)c(=C\C)/c1=C\C=C(C)C. The molecule has 2 heteroatoms. The van der Waals surface area contributed by atoms with Crippen molar-refractivity contribution in [3.63, 3.8) is 0 Å².